The molecule has 0 aliphatic heterocycles. The molecule has 0 aliphatic rings. The highest BCUT2D eigenvalue weighted by molar-refractivity contribution is 5.94. The lowest BCUT2D eigenvalue weighted by atomic mass is 10.1. The first-order chi connectivity index (χ1) is 7.00. The Labute approximate surface area is 87.3 Å². The van der Waals surface area contributed by atoms with Crippen molar-refractivity contribution < 1.29 is 14.3 Å². The Morgan fingerprint density at radius 1 is 1.20 bits per heavy atom. The highest BCUT2D eigenvalue weighted by Crippen LogP contribution is 2.27. The van der Waals surface area contributed by atoms with Crippen LogP contribution in [0.25, 0.3) is 11.0 Å². The molecular weight excluding hydrogens is 192 g/mol. The van der Waals surface area contributed by atoms with Gasteiger partial charge in [0, 0.05) is 10.9 Å². The molecule has 1 aromatic carbocycles. The van der Waals surface area contributed by atoms with Crippen LogP contribution < -0.4 is 5.11 Å². The predicted molar refractivity (Wildman–Crippen MR) is 54.8 cm³/mol. The van der Waals surface area contributed by atoms with E-state index in [1.54, 1.807) is 6.92 Å². The Morgan fingerprint density at radius 3 is 2.40 bits per heavy atom. The summed E-state index contributed by atoms with van der Waals surface area (Å²) in [5.41, 5.74) is 3.44. The molecule has 0 N–H and O–H groups in total. The Balaban J connectivity index is 2.83. The van der Waals surface area contributed by atoms with E-state index in [0.29, 0.717) is 11.1 Å². The van der Waals surface area contributed by atoms with E-state index in [0.717, 1.165) is 16.5 Å². The molecule has 0 amide bonds. The summed E-state index contributed by atoms with van der Waals surface area (Å²) >= 11 is 0. The number of furan rings is 1. The van der Waals surface area contributed by atoms with E-state index in [2.05, 4.69) is 0 Å². The molecule has 1 aromatic heterocycles. The highest BCUT2D eigenvalue weighted by atomic mass is 16.4. The molecule has 0 radical (unpaired) electrons. The van der Waals surface area contributed by atoms with Crippen molar-refractivity contribution in [3.8, 4) is 0 Å². The zero-order valence-corrected chi connectivity index (χ0v) is 8.88. The predicted octanol–water partition coefficient (Wildman–Crippen LogP) is 1.72. The number of aromatic carboxylic acids is 1. The molecule has 0 unspecified atom stereocenters. The van der Waals surface area contributed by atoms with Crippen LogP contribution >= 0.6 is 0 Å². The first kappa shape index (κ1) is 9.77. The van der Waals surface area contributed by atoms with Gasteiger partial charge in [0.2, 0.25) is 0 Å². The molecule has 2 rings (SSSR count). The van der Waals surface area contributed by atoms with E-state index >= 15 is 0 Å². The number of carbonyl (C=O) groups is 1. The van der Waals surface area contributed by atoms with Gasteiger partial charge >= 0.3 is 0 Å². The first-order valence-corrected chi connectivity index (χ1v) is 4.72. The van der Waals surface area contributed by atoms with Crippen molar-refractivity contribution in [2.75, 3.05) is 0 Å². The van der Waals surface area contributed by atoms with Gasteiger partial charge in [-0.3, -0.25) is 0 Å². The summed E-state index contributed by atoms with van der Waals surface area (Å²) in [5, 5.41) is 11.6. The fourth-order valence-electron chi connectivity index (χ4n) is 1.67. The normalized spacial score (nSPS) is 10.9. The van der Waals surface area contributed by atoms with E-state index in [9.17, 15) is 9.90 Å². The summed E-state index contributed by atoms with van der Waals surface area (Å²) in [6, 6.07) is 3.79. The zero-order chi connectivity index (χ0) is 11.2. The Hall–Kier alpha value is -1.77. The summed E-state index contributed by atoms with van der Waals surface area (Å²) in [6.07, 6.45) is 0. The van der Waals surface area contributed by atoms with Gasteiger partial charge in [-0.05, 0) is 44.0 Å². The fourth-order valence-corrected chi connectivity index (χ4v) is 1.67. The molecule has 0 atom stereocenters. The van der Waals surface area contributed by atoms with Gasteiger partial charge in [-0.2, -0.15) is 0 Å². The third-order valence-electron chi connectivity index (χ3n) is 2.74. The lowest BCUT2D eigenvalue weighted by Crippen LogP contribution is -2.22. The Bertz CT molecular complexity index is 549. The molecule has 0 bridgehead atoms. The van der Waals surface area contributed by atoms with Crippen LogP contribution in [0.5, 0.6) is 0 Å². The van der Waals surface area contributed by atoms with Crippen molar-refractivity contribution in [3.05, 3.63) is 34.6 Å². The van der Waals surface area contributed by atoms with Crippen LogP contribution in [-0.4, -0.2) is 5.97 Å². The number of aryl methyl sites for hydroxylation is 3. The number of carboxylic acid groups (broad SMARTS) is 1. The molecule has 3 heteroatoms. The van der Waals surface area contributed by atoms with E-state index in [-0.39, 0.29) is 5.76 Å². The van der Waals surface area contributed by atoms with E-state index in [4.69, 9.17) is 4.42 Å². The van der Waals surface area contributed by atoms with Crippen molar-refractivity contribution >= 4 is 16.9 Å². The molecule has 0 aliphatic carbocycles. The van der Waals surface area contributed by atoms with Crippen molar-refractivity contribution in [1.82, 2.24) is 0 Å². The van der Waals surface area contributed by atoms with Crippen LogP contribution in [0, 0.1) is 20.8 Å². The second-order valence-electron chi connectivity index (χ2n) is 3.78. The molecule has 78 valence electrons. The lowest BCUT2D eigenvalue weighted by molar-refractivity contribution is -0.257. The van der Waals surface area contributed by atoms with Gasteiger partial charge in [0.25, 0.3) is 0 Å². The first-order valence-electron chi connectivity index (χ1n) is 4.72. The number of hydrogen-bond donors (Lipinski definition) is 0. The molecule has 15 heavy (non-hydrogen) atoms. The maximum atomic E-state index is 10.8. The van der Waals surface area contributed by atoms with Crippen molar-refractivity contribution in [2.24, 2.45) is 0 Å². The monoisotopic (exact) mass is 203 g/mol. The quantitative estimate of drug-likeness (QED) is 0.709. The van der Waals surface area contributed by atoms with Crippen LogP contribution in [0.15, 0.2) is 16.5 Å². The third kappa shape index (κ3) is 1.40. The zero-order valence-electron chi connectivity index (χ0n) is 8.88. The Kier molecular flexibility index (Phi) is 2.03. The summed E-state index contributed by atoms with van der Waals surface area (Å²) < 4.78 is 5.23. The highest BCUT2D eigenvalue weighted by Gasteiger charge is 2.11. The minimum absolute atomic E-state index is 0.0741. The molecular formula is C12H11O3-. The Morgan fingerprint density at radius 2 is 1.80 bits per heavy atom. The molecule has 0 fully saturated rings. The van der Waals surface area contributed by atoms with Crippen molar-refractivity contribution in [1.29, 1.82) is 0 Å². The number of carboxylic acids is 1. The van der Waals surface area contributed by atoms with Gasteiger partial charge in [0.15, 0.2) is 5.76 Å². The number of fused-ring (bicyclic) bond motifs is 1. The minimum atomic E-state index is -1.26. The maximum Gasteiger partial charge on any atom is 0.153 e. The van der Waals surface area contributed by atoms with Gasteiger partial charge in [0.1, 0.15) is 11.6 Å². The van der Waals surface area contributed by atoms with Gasteiger partial charge < -0.3 is 14.3 Å². The van der Waals surface area contributed by atoms with Gasteiger partial charge in [0.05, 0.1) is 0 Å². The van der Waals surface area contributed by atoms with E-state index in [1.165, 1.54) is 0 Å². The van der Waals surface area contributed by atoms with E-state index < -0.39 is 5.97 Å². The minimum Gasteiger partial charge on any atom is -0.542 e. The second kappa shape index (κ2) is 3.12. The molecule has 2 aromatic rings. The molecule has 0 saturated heterocycles. The maximum absolute atomic E-state index is 10.8. The van der Waals surface area contributed by atoms with Crippen molar-refractivity contribution in [3.63, 3.8) is 0 Å². The summed E-state index contributed by atoms with van der Waals surface area (Å²) in [5.74, 6) is -1.34. The van der Waals surface area contributed by atoms with Gasteiger partial charge in [-0.25, -0.2) is 0 Å². The standard InChI is InChI=1S/C12H12O3/c1-6-4-9-8(3)11(12(13)14)15-10(9)5-7(6)2/h4-5H,1-3H3,(H,13,14)/p-1. The molecule has 0 saturated carbocycles. The number of hydrogen-bond acceptors (Lipinski definition) is 3. The van der Waals surface area contributed by atoms with Crippen molar-refractivity contribution in [2.45, 2.75) is 20.8 Å². The summed E-state index contributed by atoms with van der Waals surface area (Å²) in [7, 11) is 0. The van der Waals surface area contributed by atoms with Crippen LogP contribution in [0.3, 0.4) is 0 Å². The summed E-state index contributed by atoms with van der Waals surface area (Å²) in [4.78, 5) is 10.8. The van der Waals surface area contributed by atoms with Crippen LogP contribution in [0.2, 0.25) is 0 Å². The van der Waals surface area contributed by atoms with E-state index in [1.807, 2.05) is 26.0 Å². The van der Waals surface area contributed by atoms with Crippen LogP contribution in [0.4, 0.5) is 0 Å². The molecule has 3 nitrogen and oxygen atoms in total. The molecule has 1 heterocycles. The molecule has 0 spiro atoms. The smallest absolute Gasteiger partial charge is 0.153 e. The number of carbonyl (C=O) groups excluding carboxylic acids is 1. The van der Waals surface area contributed by atoms with Gasteiger partial charge in [-0.15, -0.1) is 0 Å². The fraction of sp³-hybridized carbons (Fsp3) is 0.250. The lowest BCUT2D eigenvalue weighted by Gasteiger charge is -1.98. The number of rotatable bonds is 1. The second-order valence-corrected chi connectivity index (χ2v) is 3.78. The topological polar surface area (TPSA) is 53.3 Å². The third-order valence-corrected chi connectivity index (χ3v) is 2.74. The largest absolute Gasteiger partial charge is 0.542 e. The van der Waals surface area contributed by atoms with Crippen LogP contribution in [-0.2, 0) is 0 Å². The summed E-state index contributed by atoms with van der Waals surface area (Å²) in [6.45, 7) is 5.68. The van der Waals surface area contributed by atoms with Gasteiger partial charge in [-0.1, -0.05) is 0 Å². The SMILES string of the molecule is Cc1cc2oc(C(=O)[O-])c(C)c2cc1C. The van der Waals surface area contributed by atoms with Crippen LogP contribution in [0.1, 0.15) is 27.2 Å². The average molecular weight is 203 g/mol. The average Bonchev–Trinajstić information content (AvgIpc) is 2.46. The number of benzene rings is 1.